The molecule has 1 nitrogen and oxygen atoms in total. The van der Waals surface area contributed by atoms with E-state index in [0.29, 0.717) is 6.04 Å². The molecule has 0 saturated heterocycles. The normalized spacial score (nSPS) is 11.1. The van der Waals surface area contributed by atoms with Gasteiger partial charge in [-0.05, 0) is 48.0 Å². The summed E-state index contributed by atoms with van der Waals surface area (Å²) >= 11 is 11.2. The predicted octanol–water partition coefficient (Wildman–Crippen LogP) is 5.75. The van der Waals surface area contributed by atoms with E-state index in [1.807, 2.05) is 12.1 Å². The Hall–Kier alpha value is -0.480. The summed E-state index contributed by atoms with van der Waals surface area (Å²) in [5, 5.41) is 4.24. The standard InChI is InChI=1S/C16H17BrClNS/c1-11(2)19-10-12-9-13(17)3-8-16(12)20-15-6-4-14(18)5-7-15/h3-9,11,19H,10H2,1-2H3. The first-order chi connectivity index (χ1) is 9.54. The summed E-state index contributed by atoms with van der Waals surface area (Å²) in [4.78, 5) is 2.46. The van der Waals surface area contributed by atoms with Crippen LogP contribution >= 0.6 is 39.3 Å². The van der Waals surface area contributed by atoms with E-state index in [-0.39, 0.29) is 0 Å². The minimum atomic E-state index is 0.474. The molecular weight excluding hydrogens is 354 g/mol. The first kappa shape index (κ1) is 15.9. The zero-order valence-electron chi connectivity index (χ0n) is 11.5. The molecule has 106 valence electrons. The summed E-state index contributed by atoms with van der Waals surface area (Å²) in [6.07, 6.45) is 0. The molecule has 0 heterocycles. The smallest absolute Gasteiger partial charge is 0.0406 e. The molecule has 0 aromatic heterocycles. The van der Waals surface area contributed by atoms with Gasteiger partial charge in [0.2, 0.25) is 0 Å². The molecule has 0 aliphatic carbocycles. The van der Waals surface area contributed by atoms with Crippen molar-refractivity contribution in [3.05, 3.63) is 57.5 Å². The van der Waals surface area contributed by atoms with Gasteiger partial charge in [0, 0.05) is 31.9 Å². The molecule has 0 spiro atoms. The van der Waals surface area contributed by atoms with Gasteiger partial charge >= 0.3 is 0 Å². The Kier molecular flexibility index (Phi) is 5.97. The number of hydrogen-bond acceptors (Lipinski definition) is 2. The molecule has 0 amide bonds. The third kappa shape index (κ3) is 4.81. The minimum absolute atomic E-state index is 0.474. The monoisotopic (exact) mass is 369 g/mol. The average Bonchev–Trinajstić information content (AvgIpc) is 2.41. The second-order valence-corrected chi connectivity index (χ2v) is 7.31. The topological polar surface area (TPSA) is 12.0 Å². The lowest BCUT2D eigenvalue weighted by molar-refractivity contribution is 0.584. The van der Waals surface area contributed by atoms with Gasteiger partial charge in [-0.3, -0.25) is 0 Å². The van der Waals surface area contributed by atoms with Crippen molar-refractivity contribution in [2.24, 2.45) is 0 Å². The van der Waals surface area contributed by atoms with Gasteiger partial charge in [0.1, 0.15) is 0 Å². The number of benzene rings is 2. The fraction of sp³-hybridized carbons (Fsp3) is 0.250. The van der Waals surface area contributed by atoms with Crippen LogP contribution in [0.25, 0.3) is 0 Å². The Morgan fingerprint density at radius 2 is 1.85 bits per heavy atom. The van der Waals surface area contributed by atoms with Crippen molar-refractivity contribution < 1.29 is 0 Å². The summed E-state index contributed by atoms with van der Waals surface area (Å²) in [6, 6.07) is 14.8. The van der Waals surface area contributed by atoms with Gasteiger partial charge in [-0.2, -0.15) is 0 Å². The van der Waals surface area contributed by atoms with Crippen LogP contribution in [0.4, 0.5) is 0 Å². The molecule has 1 N–H and O–H groups in total. The molecule has 2 rings (SSSR count). The van der Waals surface area contributed by atoms with E-state index in [1.54, 1.807) is 11.8 Å². The van der Waals surface area contributed by atoms with Gasteiger partial charge < -0.3 is 5.32 Å². The fourth-order valence-electron chi connectivity index (χ4n) is 1.73. The van der Waals surface area contributed by atoms with Crippen molar-refractivity contribution in [3.8, 4) is 0 Å². The van der Waals surface area contributed by atoms with Crippen molar-refractivity contribution in [1.29, 1.82) is 0 Å². The van der Waals surface area contributed by atoms with Crippen molar-refractivity contribution >= 4 is 39.3 Å². The molecule has 0 fully saturated rings. The van der Waals surface area contributed by atoms with Crippen LogP contribution in [0.15, 0.2) is 56.7 Å². The zero-order valence-corrected chi connectivity index (χ0v) is 14.6. The van der Waals surface area contributed by atoms with Gasteiger partial charge in [0.25, 0.3) is 0 Å². The molecule has 0 bridgehead atoms. The van der Waals surface area contributed by atoms with Crippen LogP contribution in [-0.2, 0) is 6.54 Å². The lowest BCUT2D eigenvalue weighted by Crippen LogP contribution is -2.22. The van der Waals surface area contributed by atoms with E-state index in [4.69, 9.17) is 11.6 Å². The number of nitrogens with one attached hydrogen (secondary N) is 1. The van der Waals surface area contributed by atoms with E-state index in [9.17, 15) is 0 Å². The van der Waals surface area contributed by atoms with E-state index in [1.165, 1.54) is 15.4 Å². The van der Waals surface area contributed by atoms with Gasteiger partial charge in [0.15, 0.2) is 0 Å². The highest BCUT2D eigenvalue weighted by molar-refractivity contribution is 9.10. The van der Waals surface area contributed by atoms with Crippen LogP contribution in [0.1, 0.15) is 19.4 Å². The fourth-order valence-corrected chi connectivity index (χ4v) is 3.19. The Balaban J connectivity index is 2.19. The van der Waals surface area contributed by atoms with Crippen molar-refractivity contribution in [2.45, 2.75) is 36.2 Å². The summed E-state index contributed by atoms with van der Waals surface area (Å²) in [6.45, 7) is 5.18. The summed E-state index contributed by atoms with van der Waals surface area (Å²) < 4.78 is 1.11. The number of halogens is 2. The molecule has 0 aliphatic heterocycles. The third-order valence-corrected chi connectivity index (χ3v) is 4.64. The molecule has 2 aromatic carbocycles. The highest BCUT2D eigenvalue weighted by atomic mass is 79.9. The average molecular weight is 371 g/mol. The van der Waals surface area contributed by atoms with Crippen LogP contribution in [0.5, 0.6) is 0 Å². The van der Waals surface area contributed by atoms with E-state index in [2.05, 4.69) is 65.4 Å². The largest absolute Gasteiger partial charge is 0.310 e. The van der Waals surface area contributed by atoms with Crippen molar-refractivity contribution in [3.63, 3.8) is 0 Å². The Labute approximate surface area is 138 Å². The Morgan fingerprint density at radius 3 is 2.50 bits per heavy atom. The summed E-state index contributed by atoms with van der Waals surface area (Å²) in [5.74, 6) is 0. The first-order valence-electron chi connectivity index (χ1n) is 6.50. The maximum atomic E-state index is 5.93. The molecule has 0 saturated carbocycles. The van der Waals surface area contributed by atoms with Crippen molar-refractivity contribution in [2.75, 3.05) is 0 Å². The van der Waals surface area contributed by atoms with E-state index in [0.717, 1.165) is 16.0 Å². The summed E-state index contributed by atoms with van der Waals surface area (Å²) in [5.41, 5.74) is 1.30. The summed E-state index contributed by atoms with van der Waals surface area (Å²) in [7, 11) is 0. The maximum absolute atomic E-state index is 5.93. The number of hydrogen-bond donors (Lipinski definition) is 1. The second kappa shape index (κ2) is 7.51. The van der Waals surface area contributed by atoms with Crippen LogP contribution < -0.4 is 5.32 Å². The van der Waals surface area contributed by atoms with Crippen molar-refractivity contribution in [1.82, 2.24) is 5.32 Å². The van der Waals surface area contributed by atoms with Gasteiger partial charge in [-0.1, -0.05) is 53.1 Å². The lowest BCUT2D eigenvalue weighted by Gasteiger charge is -2.13. The first-order valence-corrected chi connectivity index (χ1v) is 8.48. The second-order valence-electron chi connectivity index (χ2n) is 4.84. The van der Waals surface area contributed by atoms with Crippen LogP contribution in [-0.4, -0.2) is 6.04 Å². The highest BCUT2D eigenvalue weighted by Crippen LogP contribution is 2.32. The Bertz CT molecular complexity index is 569. The van der Waals surface area contributed by atoms with Crippen LogP contribution in [0.2, 0.25) is 5.02 Å². The van der Waals surface area contributed by atoms with Gasteiger partial charge in [-0.25, -0.2) is 0 Å². The number of rotatable bonds is 5. The zero-order chi connectivity index (χ0) is 14.5. The molecule has 0 atom stereocenters. The maximum Gasteiger partial charge on any atom is 0.0406 e. The molecule has 4 heteroatoms. The molecule has 0 unspecified atom stereocenters. The molecule has 20 heavy (non-hydrogen) atoms. The minimum Gasteiger partial charge on any atom is -0.310 e. The molecular formula is C16H17BrClNS. The van der Waals surface area contributed by atoms with Gasteiger partial charge in [-0.15, -0.1) is 0 Å². The molecule has 0 aliphatic rings. The van der Waals surface area contributed by atoms with Gasteiger partial charge in [0.05, 0.1) is 0 Å². The highest BCUT2D eigenvalue weighted by Gasteiger charge is 2.06. The van der Waals surface area contributed by atoms with E-state index >= 15 is 0 Å². The quantitative estimate of drug-likeness (QED) is 0.719. The molecule has 0 radical (unpaired) electrons. The molecule has 2 aromatic rings. The van der Waals surface area contributed by atoms with Crippen LogP contribution in [0.3, 0.4) is 0 Å². The SMILES string of the molecule is CC(C)NCc1cc(Br)ccc1Sc1ccc(Cl)cc1. The van der Waals surface area contributed by atoms with E-state index < -0.39 is 0 Å². The predicted molar refractivity (Wildman–Crippen MR) is 91.7 cm³/mol. The Morgan fingerprint density at radius 1 is 1.15 bits per heavy atom. The third-order valence-electron chi connectivity index (χ3n) is 2.76. The lowest BCUT2D eigenvalue weighted by atomic mass is 10.2. The van der Waals surface area contributed by atoms with Crippen LogP contribution in [0, 0.1) is 0 Å².